The molecule has 0 bridgehead atoms. The summed E-state index contributed by atoms with van der Waals surface area (Å²) in [5.41, 5.74) is 0. The minimum absolute atomic E-state index is 0.755. The maximum atomic E-state index is 5.45. The van der Waals surface area contributed by atoms with Crippen molar-refractivity contribution in [1.29, 1.82) is 0 Å². The monoisotopic (exact) mass is 239 g/mol. The quantitative estimate of drug-likeness (QED) is 0.813. The van der Waals surface area contributed by atoms with Crippen molar-refractivity contribution in [2.24, 2.45) is 17.8 Å². The van der Waals surface area contributed by atoms with Crippen LogP contribution in [-0.2, 0) is 4.74 Å². The first-order chi connectivity index (χ1) is 8.29. The lowest BCUT2D eigenvalue weighted by atomic mass is 9.76. The molecule has 0 aromatic carbocycles. The van der Waals surface area contributed by atoms with Crippen molar-refractivity contribution in [2.45, 2.75) is 57.9 Å². The average molecular weight is 239 g/mol. The highest BCUT2D eigenvalue weighted by atomic mass is 16.5. The third-order valence-electron chi connectivity index (χ3n) is 4.93. The average Bonchev–Trinajstić information content (AvgIpc) is 2.38. The molecule has 0 aromatic rings. The Labute approximate surface area is 107 Å². The van der Waals surface area contributed by atoms with Crippen LogP contribution in [-0.4, -0.2) is 26.3 Å². The molecule has 1 saturated carbocycles. The molecule has 1 unspecified atom stereocenters. The van der Waals surface area contributed by atoms with Gasteiger partial charge in [0.1, 0.15) is 0 Å². The Balaban J connectivity index is 1.78. The molecule has 100 valence electrons. The Bertz CT molecular complexity index is 205. The summed E-state index contributed by atoms with van der Waals surface area (Å²) in [5, 5.41) is 3.59. The van der Waals surface area contributed by atoms with Crippen molar-refractivity contribution in [2.75, 3.05) is 20.3 Å². The zero-order valence-corrected chi connectivity index (χ0v) is 11.6. The molecule has 2 heteroatoms. The van der Waals surface area contributed by atoms with Gasteiger partial charge in [0.2, 0.25) is 0 Å². The van der Waals surface area contributed by atoms with Crippen LogP contribution in [0.25, 0.3) is 0 Å². The number of rotatable bonds is 4. The molecule has 0 radical (unpaired) electrons. The van der Waals surface area contributed by atoms with Crippen LogP contribution in [0.1, 0.15) is 51.9 Å². The van der Waals surface area contributed by atoms with Crippen LogP contribution in [0.5, 0.6) is 0 Å². The van der Waals surface area contributed by atoms with E-state index in [-0.39, 0.29) is 0 Å². The van der Waals surface area contributed by atoms with Crippen molar-refractivity contribution in [3.8, 4) is 0 Å². The van der Waals surface area contributed by atoms with E-state index in [0.717, 1.165) is 37.0 Å². The smallest absolute Gasteiger partial charge is 0.0468 e. The molecule has 1 heterocycles. The maximum Gasteiger partial charge on any atom is 0.0468 e. The molecule has 0 amide bonds. The second-order valence-corrected chi connectivity index (χ2v) is 6.21. The van der Waals surface area contributed by atoms with Crippen LogP contribution in [0.2, 0.25) is 0 Å². The summed E-state index contributed by atoms with van der Waals surface area (Å²) in [4.78, 5) is 0. The zero-order chi connectivity index (χ0) is 12.1. The third kappa shape index (κ3) is 3.96. The van der Waals surface area contributed by atoms with Gasteiger partial charge >= 0.3 is 0 Å². The van der Waals surface area contributed by atoms with Gasteiger partial charge in [-0.15, -0.1) is 0 Å². The molecule has 2 fully saturated rings. The number of hydrogen-bond donors (Lipinski definition) is 1. The summed E-state index contributed by atoms with van der Waals surface area (Å²) in [6.07, 6.45) is 9.69. The Hall–Kier alpha value is -0.0800. The van der Waals surface area contributed by atoms with Gasteiger partial charge in [0.15, 0.2) is 0 Å². The van der Waals surface area contributed by atoms with E-state index in [9.17, 15) is 0 Å². The lowest BCUT2D eigenvalue weighted by Crippen LogP contribution is -2.38. The molecule has 2 rings (SSSR count). The zero-order valence-electron chi connectivity index (χ0n) is 11.6. The molecule has 0 spiro atoms. The first kappa shape index (κ1) is 13.4. The molecule has 1 aliphatic carbocycles. The summed E-state index contributed by atoms with van der Waals surface area (Å²) < 4.78 is 5.45. The van der Waals surface area contributed by atoms with Crippen LogP contribution in [0.3, 0.4) is 0 Å². The topological polar surface area (TPSA) is 21.3 Å². The highest BCUT2D eigenvalue weighted by molar-refractivity contribution is 4.82. The second kappa shape index (κ2) is 6.75. The highest BCUT2D eigenvalue weighted by Crippen LogP contribution is 2.33. The van der Waals surface area contributed by atoms with Crippen LogP contribution < -0.4 is 5.32 Å². The fourth-order valence-corrected chi connectivity index (χ4v) is 3.58. The Morgan fingerprint density at radius 2 is 1.71 bits per heavy atom. The fourth-order valence-electron chi connectivity index (χ4n) is 3.58. The standard InChI is InChI=1S/C15H29NO/c1-12-3-5-14(6-4-12)15(16-2)11-13-7-9-17-10-8-13/h12-16H,3-11H2,1-2H3. The molecule has 1 aliphatic heterocycles. The predicted molar refractivity (Wildman–Crippen MR) is 72.1 cm³/mol. The first-order valence-electron chi connectivity index (χ1n) is 7.54. The van der Waals surface area contributed by atoms with Crippen LogP contribution in [0.4, 0.5) is 0 Å². The Morgan fingerprint density at radius 3 is 2.29 bits per heavy atom. The van der Waals surface area contributed by atoms with Crippen LogP contribution in [0.15, 0.2) is 0 Å². The van der Waals surface area contributed by atoms with Crippen LogP contribution in [0, 0.1) is 17.8 Å². The molecular weight excluding hydrogens is 210 g/mol. The van der Waals surface area contributed by atoms with E-state index in [4.69, 9.17) is 4.74 Å². The number of hydrogen-bond acceptors (Lipinski definition) is 2. The SMILES string of the molecule is CNC(CC1CCOCC1)C1CCC(C)CC1. The summed E-state index contributed by atoms with van der Waals surface area (Å²) >= 11 is 0. The van der Waals surface area contributed by atoms with Gasteiger partial charge in [-0.25, -0.2) is 0 Å². The van der Waals surface area contributed by atoms with Gasteiger partial charge in [-0.05, 0) is 56.9 Å². The third-order valence-corrected chi connectivity index (χ3v) is 4.93. The normalized spacial score (nSPS) is 33.5. The Morgan fingerprint density at radius 1 is 1.06 bits per heavy atom. The molecular formula is C15H29NO. The minimum Gasteiger partial charge on any atom is -0.381 e. The first-order valence-corrected chi connectivity index (χ1v) is 7.54. The van der Waals surface area contributed by atoms with Gasteiger partial charge in [-0.1, -0.05) is 19.8 Å². The molecule has 17 heavy (non-hydrogen) atoms. The molecule has 0 aromatic heterocycles. The second-order valence-electron chi connectivity index (χ2n) is 6.21. The summed E-state index contributed by atoms with van der Waals surface area (Å²) in [6.45, 7) is 4.38. The summed E-state index contributed by atoms with van der Waals surface area (Å²) in [5.74, 6) is 2.80. The summed E-state index contributed by atoms with van der Waals surface area (Å²) in [6, 6.07) is 0.755. The predicted octanol–water partition coefficient (Wildman–Crippen LogP) is 3.22. The van der Waals surface area contributed by atoms with Gasteiger partial charge in [0, 0.05) is 19.3 Å². The lowest BCUT2D eigenvalue weighted by molar-refractivity contribution is 0.0564. The molecule has 2 nitrogen and oxygen atoms in total. The van der Waals surface area contributed by atoms with E-state index < -0.39 is 0 Å². The van der Waals surface area contributed by atoms with E-state index >= 15 is 0 Å². The van der Waals surface area contributed by atoms with Gasteiger partial charge in [-0.3, -0.25) is 0 Å². The van der Waals surface area contributed by atoms with E-state index in [2.05, 4.69) is 19.3 Å². The van der Waals surface area contributed by atoms with Gasteiger partial charge in [0.05, 0.1) is 0 Å². The van der Waals surface area contributed by atoms with E-state index in [0.29, 0.717) is 0 Å². The van der Waals surface area contributed by atoms with Crippen molar-refractivity contribution < 1.29 is 4.74 Å². The summed E-state index contributed by atoms with van der Waals surface area (Å²) in [7, 11) is 2.15. The number of nitrogens with one attached hydrogen (secondary N) is 1. The molecule has 1 saturated heterocycles. The van der Waals surface area contributed by atoms with Crippen molar-refractivity contribution in [3.63, 3.8) is 0 Å². The molecule has 2 aliphatic rings. The van der Waals surface area contributed by atoms with E-state index in [1.54, 1.807) is 0 Å². The van der Waals surface area contributed by atoms with Crippen LogP contribution >= 0.6 is 0 Å². The largest absolute Gasteiger partial charge is 0.381 e. The van der Waals surface area contributed by atoms with Crippen molar-refractivity contribution >= 4 is 0 Å². The fraction of sp³-hybridized carbons (Fsp3) is 1.00. The van der Waals surface area contributed by atoms with Gasteiger partial charge < -0.3 is 10.1 Å². The van der Waals surface area contributed by atoms with Gasteiger partial charge in [-0.2, -0.15) is 0 Å². The maximum absolute atomic E-state index is 5.45. The Kier molecular flexibility index (Phi) is 5.30. The van der Waals surface area contributed by atoms with E-state index in [1.807, 2.05) is 0 Å². The van der Waals surface area contributed by atoms with Crippen molar-refractivity contribution in [1.82, 2.24) is 5.32 Å². The van der Waals surface area contributed by atoms with Crippen molar-refractivity contribution in [3.05, 3.63) is 0 Å². The number of ether oxygens (including phenoxy) is 1. The minimum atomic E-state index is 0.755. The van der Waals surface area contributed by atoms with Gasteiger partial charge in [0.25, 0.3) is 0 Å². The lowest BCUT2D eigenvalue weighted by Gasteiger charge is -2.35. The molecule has 1 atom stereocenters. The van der Waals surface area contributed by atoms with E-state index in [1.165, 1.54) is 44.9 Å². The molecule has 1 N–H and O–H groups in total. The highest BCUT2D eigenvalue weighted by Gasteiger charge is 2.27.